The minimum Gasteiger partial charge on any atom is -0.369 e. The van der Waals surface area contributed by atoms with Crippen LogP contribution >= 0.6 is 0 Å². The lowest BCUT2D eigenvalue weighted by Crippen LogP contribution is -2.11. The van der Waals surface area contributed by atoms with Crippen LogP contribution in [0, 0.1) is 0 Å². The molecule has 0 aliphatic carbocycles. The van der Waals surface area contributed by atoms with Crippen molar-refractivity contribution in [1.29, 1.82) is 0 Å². The van der Waals surface area contributed by atoms with Gasteiger partial charge in [0, 0.05) is 0 Å². The average Bonchev–Trinajstić information content (AvgIpc) is 1.61. The van der Waals surface area contributed by atoms with Crippen molar-refractivity contribution < 1.29 is 0 Å². The van der Waals surface area contributed by atoms with Crippen molar-refractivity contribution in [2.24, 2.45) is 10.7 Å². The third-order valence-corrected chi connectivity index (χ3v) is 0.391. The Morgan fingerprint density at radius 1 is 2.00 bits per heavy atom. The summed E-state index contributed by atoms with van der Waals surface area (Å²) < 4.78 is 0. The van der Waals surface area contributed by atoms with Gasteiger partial charge in [-0.15, -0.1) is 6.58 Å². The second-order valence-corrected chi connectivity index (χ2v) is 1.01. The van der Waals surface area contributed by atoms with Gasteiger partial charge in [0.15, 0.2) is 0 Å². The molecular weight excluding hydrogens is 90.1 g/mol. The van der Waals surface area contributed by atoms with Crippen LogP contribution in [0.4, 0.5) is 0 Å². The van der Waals surface area contributed by atoms with E-state index in [0.717, 1.165) is 0 Å². The first-order valence-electron chi connectivity index (χ1n) is 1.90. The van der Waals surface area contributed by atoms with Gasteiger partial charge in [0.25, 0.3) is 0 Å². The largest absolute Gasteiger partial charge is 0.369 e. The fourth-order valence-electron chi connectivity index (χ4n) is 0.163. The van der Waals surface area contributed by atoms with Crippen LogP contribution in [0.5, 0.6) is 0 Å². The highest BCUT2D eigenvalue weighted by atomic mass is 15.0. The smallest absolute Gasteiger partial charge is 0.208 e. The standard InChI is InChI=1S/C4H8N3/c1-2-3-7-4(5)6/h2,5H,1,3H2,(H2,6,7). The molecule has 0 heterocycles. The molecule has 1 radical (unpaired) electrons. The molecule has 0 bridgehead atoms. The van der Waals surface area contributed by atoms with E-state index >= 15 is 0 Å². The molecule has 0 aromatic rings. The lowest BCUT2D eigenvalue weighted by molar-refractivity contribution is 1.21. The topological polar surface area (TPSA) is 62.2 Å². The molecule has 3 nitrogen and oxygen atoms in total. The molecule has 0 atom stereocenters. The minimum absolute atomic E-state index is 0.139. The zero-order valence-electron chi connectivity index (χ0n) is 4.02. The van der Waals surface area contributed by atoms with E-state index in [0.29, 0.717) is 6.54 Å². The molecule has 0 saturated carbocycles. The fraction of sp³-hybridized carbons (Fsp3) is 0.250. The molecule has 0 aliphatic heterocycles. The summed E-state index contributed by atoms with van der Waals surface area (Å²) in [6.07, 6.45) is 1.58. The van der Waals surface area contributed by atoms with Gasteiger partial charge >= 0.3 is 0 Å². The van der Waals surface area contributed by atoms with E-state index in [4.69, 9.17) is 11.5 Å². The first kappa shape index (κ1) is 6.01. The summed E-state index contributed by atoms with van der Waals surface area (Å²) in [6.45, 7) is 3.83. The van der Waals surface area contributed by atoms with Gasteiger partial charge in [-0.2, -0.15) is 0 Å². The molecule has 0 unspecified atom stereocenters. The maximum atomic E-state index is 6.56. The van der Waals surface area contributed by atoms with Crippen molar-refractivity contribution in [3.05, 3.63) is 12.7 Å². The van der Waals surface area contributed by atoms with Gasteiger partial charge in [0.2, 0.25) is 5.96 Å². The quantitative estimate of drug-likeness (QED) is 0.289. The maximum absolute atomic E-state index is 6.56. The number of aliphatic imine (C=N–C) groups is 1. The average molecular weight is 98.1 g/mol. The number of nitrogens with two attached hydrogens (primary N) is 1. The number of hydrogen-bond acceptors (Lipinski definition) is 1. The van der Waals surface area contributed by atoms with Gasteiger partial charge in [-0.1, -0.05) is 6.08 Å². The molecular formula is C4H8N3. The minimum atomic E-state index is -0.139. The Balaban J connectivity index is 3.25. The highest BCUT2D eigenvalue weighted by Crippen LogP contribution is 1.65. The lowest BCUT2D eigenvalue weighted by Gasteiger charge is -1.82. The van der Waals surface area contributed by atoms with Crippen LogP contribution in [0.25, 0.3) is 0 Å². The van der Waals surface area contributed by atoms with Gasteiger partial charge in [0.05, 0.1) is 6.54 Å². The van der Waals surface area contributed by atoms with Crippen molar-refractivity contribution in [3.63, 3.8) is 0 Å². The van der Waals surface area contributed by atoms with E-state index in [1.165, 1.54) is 0 Å². The van der Waals surface area contributed by atoms with E-state index < -0.39 is 0 Å². The summed E-state index contributed by atoms with van der Waals surface area (Å²) in [5.41, 5.74) is 11.4. The van der Waals surface area contributed by atoms with Crippen LogP contribution in [-0.2, 0) is 0 Å². The van der Waals surface area contributed by atoms with Crippen LogP contribution in [0.2, 0.25) is 0 Å². The molecule has 0 amide bonds. The molecule has 0 aliphatic rings. The molecule has 3 heteroatoms. The Bertz CT molecular complexity index is 80.9. The number of guanidine groups is 1. The molecule has 0 fully saturated rings. The van der Waals surface area contributed by atoms with Gasteiger partial charge in [-0.3, -0.25) is 5.73 Å². The van der Waals surface area contributed by atoms with Crippen molar-refractivity contribution >= 4 is 5.96 Å². The van der Waals surface area contributed by atoms with Gasteiger partial charge in [0.1, 0.15) is 0 Å². The number of hydrogen-bond donors (Lipinski definition) is 1. The Morgan fingerprint density at radius 3 is 2.71 bits per heavy atom. The summed E-state index contributed by atoms with van der Waals surface area (Å²) in [5.74, 6) is -0.139. The van der Waals surface area contributed by atoms with Crippen molar-refractivity contribution in [3.8, 4) is 0 Å². The Morgan fingerprint density at radius 2 is 2.57 bits per heavy atom. The van der Waals surface area contributed by atoms with Crippen molar-refractivity contribution in [2.45, 2.75) is 0 Å². The normalized spacial score (nSPS) is 11.1. The Kier molecular flexibility index (Phi) is 2.76. The summed E-state index contributed by atoms with van der Waals surface area (Å²) >= 11 is 0. The molecule has 0 saturated heterocycles. The molecule has 7 heavy (non-hydrogen) atoms. The van der Waals surface area contributed by atoms with E-state index in [1.807, 2.05) is 0 Å². The molecule has 39 valence electrons. The van der Waals surface area contributed by atoms with Crippen LogP contribution in [0.3, 0.4) is 0 Å². The number of rotatable bonds is 2. The van der Waals surface area contributed by atoms with E-state index in [1.54, 1.807) is 6.08 Å². The maximum Gasteiger partial charge on any atom is 0.208 e. The monoisotopic (exact) mass is 98.1 g/mol. The third-order valence-electron chi connectivity index (χ3n) is 0.391. The molecule has 0 aromatic heterocycles. The summed E-state index contributed by atoms with van der Waals surface area (Å²) in [5, 5.41) is 0. The van der Waals surface area contributed by atoms with Gasteiger partial charge < -0.3 is 5.73 Å². The lowest BCUT2D eigenvalue weighted by atomic mass is 10.6. The van der Waals surface area contributed by atoms with Crippen LogP contribution < -0.4 is 11.5 Å². The van der Waals surface area contributed by atoms with E-state index in [9.17, 15) is 0 Å². The third kappa shape index (κ3) is 5.01. The zero-order valence-corrected chi connectivity index (χ0v) is 4.02. The molecule has 0 spiro atoms. The van der Waals surface area contributed by atoms with Gasteiger partial charge in [-0.05, 0) is 0 Å². The number of nitrogens with zero attached hydrogens (tertiary/aromatic N) is 1. The predicted octanol–water partition coefficient (Wildman–Crippen LogP) is -0.230. The molecule has 0 aromatic carbocycles. The van der Waals surface area contributed by atoms with E-state index in [2.05, 4.69) is 11.6 Å². The molecule has 0 rings (SSSR count). The van der Waals surface area contributed by atoms with Crippen LogP contribution in [0.1, 0.15) is 0 Å². The summed E-state index contributed by atoms with van der Waals surface area (Å²) in [7, 11) is 0. The second kappa shape index (κ2) is 3.21. The first-order chi connectivity index (χ1) is 3.27. The number of nitrogens with one attached hydrogen (secondary N) is 1. The Labute approximate surface area is 42.7 Å². The summed E-state index contributed by atoms with van der Waals surface area (Å²) in [6, 6.07) is 0. The summed E-state index contributed by atoms with van der Waals surface area (Å²) in [4.78, 5) is 3.49. The first-order valence-corrected chi connectivity index (χ1v) is 1.90. The Hall–Kier alpha value is -0.990. The highest BCUT2D eigenvalue weighted by Gasteiger charge is 1.72. The second-order valence-electron chi connectivity index (χ2n) is 1.01. The van der Waals surface area contributed by atoms with Crippen LogP contribution in [0.15, 0.2) is 17.6 Å². The SMILES string of the molecule is C=CCN=C([NH])N. The highest BCUT2D eigenvalue weighted by molar-refractivity contribution is 5.74. The zero-order chi connectivity index (χ0) is 5.70. The fourth-order valence-corrected chi connectivity index (χ4v) is 0.163. The molecule has 3 N–H and O–H groups in total. The van der Waals surface area contributed by atoms with Crippen molar-refractivity contribution in [1.82, 2.24) is 5.73 Å². The van der Waals surface area contributed by atoms with Crippen LogP contribution in [-0.4, -0.2) is 12.5 Å². The van der Waals surface area contributed by atoms with Crippen molar-refractivity contribution in [2.75, 3.05) is 6.54 Å². The predicted molar refractivity (Wildman–Crippen MR) is 29.8 cm³/mol. The van der Waals surface area contributed by atoms with Gasteiger partial charge in [-0.25, -0.2) is 4.99 Å². The van der Waals surface area contributed by atoms with E-state index in [-0.39, 0.29) is 5.96 Å².